The zero-order valence-corrected chi connectivity index (χ0v) is 13.9. The van der Waals surface area contributed by atoms with Crippen LogP contribution in [-0.2, 0) is 17.6 Å². The van der Waals surface area contributed by atoms with Crippen LogP contribution in [0, 0.1) is 0 Å². The Balaban J connectivity index is 1.66. The Kier molecular flexibility index (Phi) is 4.71. The second kappa shape index (κ2) is 6.92. The lowest BCUT2D eigenvalue weighted by Gasteiger charge is -2.08. The smallest absolute Gasteiger partial charge is 0.339 e. The summed E-state index contributed by atoms with van der Waals surface area (Å²) in [5.41, 5.74) is 1.08. The molecule has 1 heterocycles. The van der Waals surface area contributed by atoms with Gasteiger partial charge in [0.05, 0.1) is 12.7 Å². The number of aromatic carboxylic acids is 1. The van der Waals surface area contributed by atoms with Crippen LogP contribution >= 0.6 is 11.3 Å². The van der Waals surface area contributed by atoms with E-state index in [0.29, 0.717) is 16.5 Å². The Morgan fingerprint density at radius 3 is 2.83 bits per heavy atom. The number of rotatable bonds is 6. The van der Waals surface area contributed by atoms with Crippen molar-refractivity contribution in [1.29, 1.82) is 0 Å². The molecule has 0 bridgehead atoms. The highest BCUT2D eigenvalue weighted by Gasteiger charge is 2.27. The van der Waals surface area contributed by atoms with Crippen molar-refractivity contribution in [3.05, 3.63) is 40.3 Å². The minimum absolute atomic E-state index is 0.200. The number of amides is 1. The van der Waals surface area contributed by atoms with E-state index in [2.05, 4.69) is 5.32 Å². The van der Waals surface area contributed by atoms with Crippen LogP contribution in [-0.4, -0.2) is 30.7 Å². The van der Waals surface area contributed by atoms with E-state index in [0.717, 1.165) is 29.7 Å². The molecule has 0 atom stereocenters. The Hall–Kier alpha value is -2.54. The van der Waals surface area contributed by atoms with Gasteiger partial charge in [0.15, 0.2) is 6.61 Å². The van der Waals surface area contributed by atoms with Crippen LogP contribution in [0.25, 0.3) is 0 Å². The first-order valence-electron chi connectivity index (χ1n) is 7.53. The molecular weight excluding hydrogens is 330 g/mol. The summed E-state index contributed by atoms with van der Waals surface area (Å²) >= 11 is 1.34. The summed E-state index contributed by atoms with van der Waals surface area (Å²) in [6.07, 6.45) is 2.59. The third kappa shape index (κ3) is 3.35. The summed E-state index contributed by atoms with van der Waals surface area (Å²) in [5.74, 6) is -0.244. The Morgan fingerprint density at radius 1 is 1.29 bits per heavy atom. The molecular formula is C17H17NO5S. The van der Waals surface area contributed by atoms with Crippen LogP contribution in [0.4, 0.5) is 5.00 Å². The van der Waals surface area contributed by atoms with Crippen LogP contribution in [0.2, 0.25) is 0 Å². The first-order chi connectivity index (χ1) is 11.6. The van der Waals surface area contributed by atoms with Gasteiger partial charge in [-0.1, -0.05) is 6.07 Å². The van der Waals surface area contributed by atoms with E-state index in [-0.39, 0.29) is 18.1 Å². The summed E-state index contributed by atoms with van der Waals surface area (Å²) in [5, 5.41) is 12.5. The van der Waals surface area contributed by atoms with Crippen molar-refractivity contribution in [2.24, 2.45) is 0 Å². The van der Waals surface area contributed by atoms with Gasteiger partial charge < -0.3 is 19.9 Å². The number of hydrogen-bond acceptors (Lipinski definition) is 5. The molecule has 0 aliphatic heterocycles. The van der Waals surface area contributed by atoms with E-state index in [1.807, 2.05) is 0 Å². The number of carbonyl (C=O) groups excluding carboxylic acids is 1. The topological polar surface area (TPSA) is 84.9 Å². The predicted octanol–water partition coefficient (Wildman–Crippen LogP) is 2.96. The first-order valence-corrected chi connectivity index (χ1v) is 8.34. The van der Waals surface area contributed by atoms with Crippen LogP contribution in [0.15, 0.2) is 24.3 Å². The van der Waals surface area contributed by atoms with Crippen molar-refractivity contribution in [2.45, 2.75) is 19.3 Å². The molecule has 1 aromatic carbocycles. The molecule has 7 heteroatoms. The van der Waals surface area contributed by atoms with Gasteiger partial charge in [0, 0.05) is 10.9 Å². The number of aryl methyl sites for hydroxylation is 1. The molecule has 1 aliphatic carbocycles. The third-order valence-electron chi connectivity index (χ3n) is 3.80. The maximum atomic E-state index is 12.1. The zero-order chi connectivity index (χ0) is 17.1. The Morgan fingerprint density at radius 2 is 2.08 bits per heavy atom. The minimum atomic E-state index is -1.00. The molecule has 0 radical (unpaired) electrons. The summed E-state index contributed by atoms with van der Waals surface area (Å²) in [6.45, 7) is -0.200. The number of ether oxygens (including phenoxy) is 2. The molecule has 0 saturated carbocycles. The van der Waals surface area contributed by atoms with Gasteiger partial charge in [-0.05, 0) is 37.0 Å². The molecule has 0 saturated heterocycles. The molecule has 2 aromatic rings. The summed E-state index contributed by atoms with van der Waals surface area (Å²) in [4.78, 5) is 24.6. The van der Waals surface area contributed by atoms with Gasteiger partial charge >= 0.3 is 5.97 Å². The van der Waals surface area contributed by atoms with Gasteiger partial charge in [-0.3, -0.25) is 4.79 Å². The van der Waals surface area contributed by atoms with Crippen molar-refractivity contribution in [3.8, 4) is 11.5 Å². The SMILES string of the molecule is COc1cccc(OCC(=O)Nc2sc3c(c2C(=O)O)CCC3)c1. The van der Waals surface area contributed by atoms with Crippen molar-refractivity contribution in [1.82, 2.24) is 0 Å². The van der Waals surface area contributed by atoms with Gasteiger partial charge in [-0.2, -0.15) is 0 Å². The number of fused-ring (bicyclic) bond motifs is 1. The van der Waals surface area contributed by atoms with E-state index < -0.39 is 5.97 Å². The second-order valence-electron chi connectivity index (χ2n) is 5.38. The summed E-state index contributed by atoms with van der Waals surface area (Å²) in [6, 6.07) is 6.94. The number of anilines is 1. The van der Waals surface area contributed by atoms with Gasteiger partial charge in [-0.25, -0.2) is 4.79 Å². The van der Waals surface area contributed by atoms with Crippen molar-refractivity contribution < 1.29 is 24.2 Å². The molecule has 1 amide bonds. The molecule has 0 spiro atoms. The number of nitrogens with one attached hydrogen (secondary N) is 1. The van der Waals surface area contributed by atoms with Crippen LogP contribution in [0.3, 0.4) is 0 Å². The summed E-state index contributed by atoms with van der Waals surface area (Å²) < 4.78 is 10.5. The van der Waals surface area contributed by atoms with Gasteiger partial charge in [0.25, 0.3) is 5.91 Å². The van der Waals surface area contributed by atoms with Crippen LogP contribution < -0.4 is 14.8 Å². The Labute approximate surface area is 143 Å². The molecule has 24 heavy (non-hydrogen) atoms. The van der Waals surface area contributed by atoms with Gasteiger partial charge in [-0.15, -0.1) is 11.3 Å². The normalized spacial score (nSPS) is 12.5. The Bertz CT molecular complexity index is 783. The fraction of sp³-hybridized carbons (Fsp3) is 0.294. The highest BCUT2D eigenvalue weighted by molar-refractivity contribution is 7.17. The second-order valence-corrected chi connectivity index (χ2v) is 6.49. The quantitative estimate of drug-likeness (QED) is 0.839. The minimum Gasteiger partial charge on any atom is -0.497 e. The molecule has 2 N–H and O–H groups in total. The predicted molar refractivity (Wildman–Crippen MR) is 90.4 cm³/mol. The average Bonchev–Trinajstić information content (AvgIpc) is 3.13. The highest BCUT2D eigenvalue weighted by Crippen LogP contribution is 2.39. The van der Waals surface area contributed by atoms with E-state index in [1.165, 1.54) is 11.3 Å². The van der Waals surface area contributed by atoms with Crippen LogP contribution in [0.5, 0.6) is 11.5 Å². The number of hydrogen-bond donors (Lipinski definition) is 2. The maximum Gasteiger partial charge on any atom is 0.339 e. The average molecular weight is 347 g/mol. The zero-order valence-electron chi connectivity index (χ0n) is 13.1. The highest BCUT2D eigenvalue weighted by atomic mass is 32.1. The third-order valence-corrected chi connectivity index (χ3v) is 5.01. The fourth-order valence-electron chi connectivity index (χ4n) is 2.72. The lowest BCUT2D eigenvalue weighted by Crippen LogP contribution is -2.21. The van der Waals surface area contributed by atoms with Crippen LogP contribution in [0.1, 0.15) is 27.2 Å². The van der Waals surface area contributed by atoms with Crippen molar-refractivity contribution >= 4 is 28.2 Å². The number of benzene rings is 1. The molecule has 126 valence electrons. The lowest BCUT2D eigenvalue weighted by molar-refractivity contribution is -0.118. The largest absolute Gasteiger partial charge is 0.497 e. The van der Waals surface area contributed by atoms with Crippen molar-refractivity contribution in [2.75, 3.05) is 19.0 Å². The molecule has 3 rings (SSSR count). The maximum absolute atomic E-state index is 12.1. The van der Waals surface area contributed by atoms with E-state index in [9.17, 15) is 14.7 Å². The molecule has 0 unspecified atom stereocenters. The number of methoxy groups -OCH3 is 1. The van der Waals surface area contributed by atoms with E-state index in [4.69, 9.17) is 9.47 Å². The monoisotopic (exact) mass is 347 g/mol. The number of carboxylic acid groups (broad SMARTS) is 1. The molecule has 1 aliphatic rings. The first kappa shape index (κ1) is 16.3. The summed E-state index contributed by atoms with van der Waals surface area (Å²) in [7, 11) is 1.55. The number of thiophene rings is 1. The fourth-order valence-corrected chi connectivity index (χ4v) is 4.02. The number of carbonyl (C=O) groups is 2. The lowest BCUT2D eigenvalue weighted by atomic mass is 10.1. The molecule has 1 aromatic heterocycles. The standard InChI is InChI=1S/C17H17NO5S/c1-22-10-4-2-5-11(8-10)23-9-14(19)18-16-15(17(20)21)12-6-3-7-13(12)24-16/h2,4-5,8H,3,6-7,9H2,1H3,(H,18,19)(H,20,21). The van der Waals surface area contributed by atoms with Gasteiger partial charge in [0.2, 0.25) is 0 Å². The van der Waals surface area contributed by atoms with Gasteiger partial charge in [0.1, 0.15) is 16.5 Å². The van der Waals surface area contributed by atoms with Crippen molar-refractivity contribution in [3.63, 3.8) is 0 Å². The molecule has 0 fully saturated rings. The van der Waals surface area contributed by atoms with E-state index in [1.54, 1.807) is 31.4 Å². The van der Waals surface area contributed by atoms with E-state index >= 15 is 0 Å². The molecule has 6 nitrogen and oxygen atoms in total. The number of carboxylic acids is 1.